The third-order valence-corrected chi connectivity index (χ3v) is 3.47. The second-order valence-corrected chi connectivity index (χ2v) is 5.24. The molecule has 0 aromatic heterocycles. The number of hydrogen-bond donors (Lipinski definition) is 2. The third-order valence-electron chi connectivity index (χ3n) is 3.47. The van der Waals surface area contributed by atoms with Crippen LogP contribution in [0.2, 0.25) is 0 Å². The maximum absolute atomic E-state index is 5.65. The summed E-state index contributed by atoms with van der Waals surface area (Å²) in [4.78, 5) is 4.21. The van der Waals surface area contributed by atoms with Gasteiger partial charge in [-0.1, -0.05) is 42.5 Å². The minimum absolute atomic E-state index is 0.620. The zero-order valence-electron chi connectivity index (χ0n) is 14.3. The molecule has 0 saturated heterocycles. The fourth-order valence-corrected chi connectivity index (χ4v) is 2.19. The molecule has 2 aromatic rings. The summed E-state index contributed by atoms with van der Waals surface area (Å²) in [7, 11) is 3.42. The summed E-state index contributed by atoms with van der Waals surface area (Å²) in [5.41, 5.74) is 2.32. The number of guanidine groups is 1. The molecule has 0 heterocycles. The normalized spacial score (nSPS) is 11.2. The summed E-state index contributed by atoms with van der Waals surface area (Å²) >= 11 is 0. The number of aliphatic imine (C=N–C) groups is 1. The molecule has 0 aliphatic heterocycles. The summed E-state index contributed by atoms with van der Waals surface area (Å²) < 4.78 is 10.9. The third kappa shape index (κ3) is 6.30. The van der Waals surface area contributed by atoms with Crippen LogP contribution in [0.1, 0.15) is 11.1 Å². The van der Waals surface area contributed by atoms with Gasteiger partial charge in [-0.3, -0.25) is 4.99 Å². The SMILES string of the molecule is CN=C(NCCOCc1ccccc1)NCc1cccc(OC)c1. The van der Waals surface area contributed by atoms with Gasteiger partial charge in [0.25, 0.3) is 0 Å². The maximum atomic E-state index is 5.65. The fraction of sp³-hybridized carbons (Fsp3) is 0.316. The van der Waals surface area contributed by atoms with Crippen LogP contribution in [0.4, 0.5) is 0 Å². The smallest absolute Gasteiger partial charge is 0.191 e. The van der Waals surface area contributed by atoms with Crippen molar-refractivity contribution >= 4 is 5.96 Å². The standard InChI is InChI=1S/C19H25N3O2/c1-20-19(22-14-17-9-6-10-18(13-17)23-2)21-11-12-24-15-16-7-4-3-5-8-16/h3-10,13H,11-12,14-15H2,1-2H3,(H2,20,21,22). The van der Waals surface area contributed by atoms with Crippen molar-refractivity contribution in [1.82, 2.24) is 10.6 Å². The van der Waals surface area contributed by atoms with Gasteiger partial charge in [-0.2, -0.15) is 0 Å². The Morgan fingerprint density at radius 3 is 2.54 bits per heavy atom. The van der Waals surface area contributed by atoms with Crippen molar-refractivity contribution in [3.63, 3.8) is 0 Å². The molecule has 2 aromatic carbocycles. The molecule has 0 fully saturated rings. The first-order valence-corrected chi connectivity index (χ1v) is 8.01. The molecule has 0 unspecified atom stereocenters. The second-order valence-electron chi connectivity index (χ2n) is 5.24. The molecule has 0 aliphatic carbocycles. The molecule has 0 spiro atoms. The number of methoxy groups -OCH3 is 1. The molecule has 0 atom stereocenters. The van der Waals surface area contributed by atoms with Gasteiger partial charge in [0.15, 0.2) is 5.96 Å². The Morgan fingerprint density at radius 1 is 1.00 bits per heavy atom. The van der Waals surface area contributed by atoms with Gasteiger partial charge >= 0.3 is 0 Å². The predicted octanol–water partition coefficient (Wildman–Crippen LogP) is 2.58. The first-order chi connectivity index (χ1) is 11.8. The van der Waals surface area contributed by atoms with Crippen molar-refractivity contribution in [2.75, 3.05) is 27.3 Å². The quantitative estimate of drug-likeness (QED) is 0.444. The van der Waals surface area contributed by atoms with Crippen LogP contribution in [-0.4, -0.2) is 33.3 Å². The van der Waals surface area contributed by atoms with E-state index in [1.807, 2.05) is 42.5 Å². The highest BCUT2D eigenvalue weighted by Gasteiger charge is 2.00. The molecule has 0 bridgehead atoms. The van der Waals surface area contributed by atoms with Crippen LogP contribution in [0.3, 0.4) is 0 Å². The van der Waals surface area contributed by atoms with E-state index < -0.39 is 0 Å². The highest BCUT2D eigenvalue weighted by Crippen LogP contribution is 2.11. The number of nitrogens with one attached hydrogen (secondary N) is 2. The molecule has 2 N–H and O–H groups in total. The lowest BCUT2D eigenvalue weighted by atomic mass is 10.2. The van der Waals surface area contributed by atoms with Gasteiger partial charge < -0.3 is 20.1 Å². The molecule has 5 nitrogen and oxygen atoms in total. The van der Waals surface area contributed by atoms with Crippen LogP contribution >= 0.6 is 0 Å². The van der Waals surface area contributed by atoms with Crippen molar-refractivity contribution in [3.05, 3.63) is 65.7 Å². The molecular formula is C19H25N3O2. The van der Waals surface area contributed by atoms with Gasteiger partial charge in [0.1, 0.15) is 5.75 Å². The average Bonchev–Trinajstić information content (AvgIpc) is 2.65. The summed E-state index contributed by atoms with van der Waals surface area (Å²) in [5, 5.41) is 6.51. The van der Waals surface area contributed by atoms with Crippen molar-refractivity contribution in [1.29, 1.82) is 0 Å². The van der Waals surface area contributed by atoms with E-state index in [0.717, 1.165) is 17.3 Å². The molecule has 0 aliphatic rings. The Labute approximate surface area is 143 Å². The first kappa shape index (κ1) is 17.8. The highest BCUT2D eigenvalue weighted by molar-refractivity contribution is 5.79. The lowest BCUT2D eigenvalue weighted by Gasteiger charge is -2.12. The van der Waals surface area contributed by atoms with Crippen LogP contribution in [0.25, 0.3) is 0 Å². The van der Waals surface area contributed by atoms with Crippen LogP contribution < -0.4 is 15.4 Å². The minimum atomic E-state index is 0.620. The molecule has 0 radical (unpaired) electrons. The number of rotatable bonds is 8. The van der Waals surface area contributed by atoms with Crippen LogP contribution in [0, 0.1) is 0 Å². The summed E-state index contributed by atoms with van der Waals surface area (Å²) in [5.74, 6) is 1.60. The first-order valence-electron chi connectivity index (χ1n) is 8.01. The molecule has 5 heteroatoms. The van der Waals surface area contributed by atoms with E-state index in [-0.39, 0.29) is 0 Å². The Morgan fingerprint density at radius 2 is 1.79 bits per heavy atom. The van der Waals surface area contributed by atoms with Gasteiger partial charge in [0.05, 0.1) is 20.3 Å². The van der Waals surface area contributed by atoms with Gasteiger partial charge in [-0.25, -0.2) is 0 Å². The average molecular weight is 327 g/mol. The van der Waals surface area contributed by atoms with Gasteiger partial charge in [0, 0.05) is 20.1 Å². The molecular weight excluding hydrogens is 302 g/mol. The van der Waals surface area contributed by atoms with Crippen molar-refractivity contribution in [2.45, 2.75) is 13.2 Å². The van der Waals surface area contributed by atoms with Crippen LogP contribution in [0.15, 0.2) is 59.6 Å². The highest BCUT2D eigenvalue weighted by atomic mass is 16.5. The second kappa shape index (κ2) is 10.3. The topological polar surface area (TPSA) is 54.9 Å². The molecule has 0 amide bonds. The zero-order valence-corrected chi connectivity index (χ0v) is 14.3. The summed E-state index contributed by atoms with van der Waals surface area (Å²) in [6.45, 7) is 2.62. The summed E-state index contributed by atoms with van der Waals surface area (Å²) in [6, 6.07) is 18.1. The molecule has 0 saturated carbocycles. The molecule has 24 heavy (non-hydrogen) atoms. The lowest BCUT2D eigenvalue weighted by molar-refractivity contribution is 0.125. The Balaban J connectivity index is 1.65. The molecule has 128 valence electrons. The largest absolute Gasteiger partial charge is 0.497 e. The molecule has 2 rings (SSSR count). The maximum Gasteiger partial charge on any atom is 0.191 e. The van der Waals surface area contributed by atoms with Crippen LogP contribution in [-0.2, 0) is 17.9 Å². The monoisotopic (exact) mass is 327 g/mol. The number of hydrogen-bond acceptors (Lipinski definition) is 3. The van der Waals surface area contributed by atoms with E-state index in [9.17, 15) is 0 Å². The minimum Gasteiger partial charge on any atom is -0.497 e. The fourth-order valence-electron chi connectivity index (χ4n) is 2.19. The van der Waals surface area contributed by atoms with Crippen LogP contribution in [0.5, 0.6) is 5.75 Å². The summed E-state index contributed by atoms with van der Waals surface area (Å²) in [6.07, 6.45) is 0. The Kier molecular flexibility index (Phi) is 7.63. The predicted molar refractivity (Wildman–Crippen MR) is 97.3 cm³/mol. The van der Waals surface area contributed by atoms with E-state index in [4.69, 9.17) is 9.47 Å². The lowest BCUT2D eigenvalue weighted by Crippen LogP contribution is -2.38. The van der Waals surface area contributed by atoms with Gasteiger partial charge in [0.2, 0.25) is 0 Å². The Bertz CT molecular complexity index is 630. The van der Waals surface area contributed by atoms with Crippen molar-refractivity contribution in [2.24, 2.45) is 4.99 Å². The zero-order chi connectivity index (χ0) is 17.0. The van der Waals surface area contributed by atoms with Crippen molar-refractivity contribution in [3.8, 4) is 5.75 Å². The van der Waals surface area contributed by atoms with E-state index >= 15 is 0 Å². The van der Waals surface area contributed by atoms with E-state index in [1.54, 1.807) is 14.2 Å². The van der Waals surface area contributed by atoms with Gasteiger partial charge in [-0.15, -0.1) is 0 Å². The van der Waals surface area contributed by atoms with Gasteiger partial charge in [-0.05, 0) is 23.3 Å². The van der Waals surface area contributed by atoms with E-state index in [0.29, 0.717) is 26.3 Å². The van der Waals surface area contributed by atoms with E-state index in [2.05, 4.69) is 27.8 Å². The van der Waals surface area contributed by atoms with Crippen molar-refractivity contribution < 1.29 is 9.47 Å². The number of ether oxygens (including phenoxy) is 2. The van der Waals surface area contributed by atoms with E-state index in [1.165, 1.54) is 5.56 Å². The number of nitrogens with zero attached hydrogens (tertiary/aromatic N) is 1. The Hall–Kier alpha value is -2.53. The number of benzene rings is 2.